The number of rotatable bonds is 2. The van der Waals surface area contributed by atoms with Crippen LogP contribution < -0.4 is 11.1 Å². The van der Waals surface area contributed by atoms with E-state index in [1.807, 2.05) is 0 Å². The molecular weight excluding hydrogens is 244 g/mol. The van der Waals surface area contributed by atoms with Crippen molar-refractivity contribution in [2.24, 2.45) is 0 Å². The van der Waals surface area contributed by atoms with E-state index in [0.29, 0.717) is 6.07 Å². The van der Waals surface area contributed by atoms with E-state index in [1.165, 1.54) is 12.4 Å². The number of anilines is 2. The lowest BCUT2D eigenvalue weighted by Crippen LogP contribution is -2.16. The van der Waals surface area contributed by atoms with Crippen molar-refractivity contribution in [1.29, 1.82) is 0 Å². The molecule has 0 spiro atoms. The molecule has 3 N–H and O–H groups in total. The third-order valence-electron chi connectivity index (χ3n) is 2.05. The van der Waals surface area contributed by atoms with Gasteiger partial charge < -0.3 is 5.73 Å². The Hall–Kier alpha value is -2.64. The second-order valence-electron chi connectivity index (χ2n) is 3.27. The van der Waals surface area contributed by atoms with Gasteiger partial charge in [-0.1, -0.05) is 0 Å². The number of carbonyl (C=O) groups excluding carboxylic acids is 1. The van der Waals surface area contributed by atoms with Crippen molar-refractivity contribution < 1.29 is 13.6 Å². The van der Waals surface area contributed by atoms with Gasteiger partial charge in [0.05, 0.1) is 18.0 Å². The predicted molar refractivity (Wildman–Crippen MR) is 58.6 cm³/mol. The minimum Gasteiger partial charge on any atom is -0.398 e. The Morgan fingerprint density at radius 2 is 1.94 bits per heavy atom. The first-order valence-corrected chi connectivity index (χ1v) is 4.77. The van der Waals surface area contributed by atoms with Gasteiger partial charge in [0.15, 0.2) is 11.6 Å². The molecule has 0 aliphatic rings. The quantitative estimate of drug-likeness (QED) is 0.776. The van der Waals surface area contributed by atoms with Crippen LogP contribution in [-0.2, 0) is 0 Å². The zero-order valence-electron chi connectivity index (χ0n) is 8.89. The van der Waals surface area contributed by atoms with Crippen molar-refractivity contribution >= 4 is 17.5 Å². The fraction of sp³-hybridized carbons (Fsp3) is 0. The Bertz CT molecular complexity index is 590. The molecule has 18 heavy (non-hydrogen) atoms. The fourth-order valence-corrected chi connectivity index (χ4v) is 1.23. The summed E-state index contributed by atoms with van der Waals surface area (Å²) in [5, 5.41) is 9.26. The van der Waals surface area contributed by atoms with Gasteiger partial charge >= 0.3 is 0 Å². The second kappa shape index (κ2) is 4.70. The van der Waals surface area contributed by atoms with Gasteiger partial charge in [0.1, 0.15) is 0 Å². The Labute approximate surface area is 99.9 Å². The van der Waals surface area contributed by atoms with Crippen LogP contribution >= 0.6 is 0 Å². The maximum absolute atomic E-state index is 13.0. The highest BCUT2D eigenvalue weighted by atomic mass is 19.2. The normalized spacial score (nSPS) is 10.1. The predicted octanol–water partition coefficient (Wildman–Crippen LogP) is 0.984. The third kappa shape index (κ3) is 2.37. The number of nitrogens with two attached hydrogens (primary N) is 1. The van der Waals surface area contributed by atoms with E-state index in [-0.39, 0.29) is 17.2 Å². The smallest absolute Gasteiger partial charge is 0.260 e. The first-order chi connectivity index (χ1) is 8.58. The number of amides is 1. The van der Waals surface area contributed by atoms with E-state index in [9.17, 15) is 13.6 Å². The summed E-state index contributed by atoms with van der Waals surface area (Å²) in [6, 6.07) is 1.44. The first-order valence-electron chi connectivity index (χ1n) is 4.77. The van der Waals surface area contributed by atoms with Crippen LogP contribution in [0.4, 0.5) is 20.4 Å². The van der Waals surface area contributed by atoms with Crippen molar-refractivity contribution in [3.05, 3.63) is 41.7 Å². The summed E-state index contributed by atoms with van der Waals surface area (Å²) in [5.74, 6) is -3.10. The van der Waals surface area contributed by atoms with Crippen molar-refractivity contribution in [3.63, 3.8) is 0 Å². The second-order valence-corrected chi connectivity index (χ2v) is 3.27. The standard InChI is InChI=1S/C10H7F2N5O/c11-6-3-5(8(13)4-7(6)12)9(18)16-10-14-1-2-15-17-10/h1-4H,13H2,(H,14,16,17,18). The zero-order valence-corrected chi connectivity index (χ0v) is 8.89. The minimum atomic E-state index is -1.17. The zero-order chi connectivity index (χ0) is 13.1. The number of nitrogen functional groups attached to an aromatic ring is 1. The number of hydrogen-bond donors (Lipinski definition) is 2. The maximum Gasteiger partial charge on any atom is 0.260 e. The number of aromatic nitrogens is 3. The van der Waals surface area contributed by atoms with Gasteiger partial charge in [-0.05, 0) is 6.07 Å². The van der Waals surface area contributed by atoms with E-state index < -0.39 is 17.5 Å². The van der Waals surface area contributed by atoms with Crippen LogP contribution in [-0.4, -0.2) is 21.1 Å². The van der Waals surface area contributed by atoms with Gasteiger partial charge in [0.25, 0.3) is 5.91 Å². The minimum absolute atomic E-state index is 0.0633. The van der Waals surface area contributed by atoms with Gasteiger partial charge in [-0.2, -0.15) is 5.10 Å². The summed E-state index contributed by atoms with van der Waals surface area (Å²) >= 11 is 0. The maximum atomic E-state index is 13.0. The Morgan fingerprint density at radius 1 is 1.22 bits per heavy atom. The molecule has 0 radical (unpaired) electrons. The molecule has 1 amide bonds. The van der Waals surface area contributed by atoms with Crippen molar-refractivity contribution in [3.8, 4) is 0 Å². The summed E-state index contributed by atoms with van der Waals surface area (Å²) in [5.41, 5.74) is 5.03. The monoisotopic (exact) mass is 251 g/mol. The van der Waals surface area contributed by atoms with Crippen LogP contribution in [0.5, 0.6) is 0 Å². The molecule has 0 unspecified atom stereocenters. The largest absolute Gasteiger partial charge is 0.398 e. The Morgan fingerprint density at radius 3 is 2.61 bits per heavy atom. The summed E-state index contributed by atoms with van der Waals surface area (Å²) in [6.07, 6.45) is 2.64. The molecule has 1 heterocycles. The Kier molecular flexibility index (Phi) is 3.09. The van der Waals surface area contributed by atoms with Crippen LogP contribution in [0.2, 0.25) is 0 Å². The van der Waals surface area contributed by atoms with Crippen molar-refractivity contribution in [2.75, 3.05) is 11.1 Å². The van der Waals surface area contributed by atoms with Crippen LogP contribution in [0.1, 0.15) is 10.4 Å². The van der Waals surface area contributed by atoms with Crippen LogP contribution in [0.25, 0.3) is 0 Å². The van der Waals surface area contributed by atoms with Gasteiger partial charge in [0, 0.05) is 11.8 Å². The summed E-state index contributed by atoms with van der Waals surface area (Å²) in [6.45, 7) is 0. The highest BCUT2D eigenvalue weighted by Crippen LogP contribution is 2.17. The van der Waals surface area contributed by atoms with Crippen LogP contribution in [0.3, 0.4) is 0 Å². The van der Waals surface area contributed by atoms with Gasteiger partial charge in [0.2, 0.25) is 5.95 Å². The number of carbonyl (C=O) groups is 1. The summed E-state index contributed by atoms with van der Waals surface area (Å²) in [7, 11) is 0. The number of nitrogens with one attached hydrogen (secondary N) is 1. The molecule has 2 rings (SSSR count). The molecule has 0 atom stereocenters. The number of nitrogens with zero attached hydrogens (tertiary/aromatic N) is 3. The van der Waals surface area contributed by atoms with Gasteiger partial charge in [-0.25, -0.2) is 13.8 Å². The molecular formula is C10H7F2N5O. The Balaban J connectivity index is 2.27. The lowest BCUT2D eigenvalue weighted by atomic mass is 10.1. The van der Waals surface area contributed by atoms with Crippen LogP contribution in [0, 0.1) is 11.6 Å². The summed E-state index contributed by atoms with van der Waals surface area (Å²) < 4.78 is 25.8. The topological polar surface area (TPSA) is 93.8 Å². The molecule has 1 aromatic carbocycles. The molecule has 2 aromatic rings. The van der Waals surface area contributed by atoms with E-state index in [0.717, 1.165) is 6.07 Å². The van der Waals surface area contributed by atoms with E-state index in [2.05, 4.69) is 20.5 Å². The fourth-order valence-electron chi connectivity index (χ4n) is 1.23. The third-order valence-corrected chi connectivity index (χ3v) is 2.05. The molecule has 0 saturated heterocycles. The molecule has 1 aromatic heterocycles. The summed E-state index contributed by atoms with van der Waals surface area (Å²) in [4.78, 5) is 15.4. The lowest BCUT2D eigenvalue weighted by molar-refractivity contribution is 0.102. The molecule has 0 bridgehead atoms. The van der Waals surface area contributed by atoms with E-state index in [4.69, 9.17) is 5.73 Å². The van der Waals surface area contributed by atoms with Crippen molar-refractivity contribution in [1.82, 2.24) is 15.2 Å². The highest BCUT2D eigenvalue weighted by molar-refractivity contribution is 6.06. The molecule has 92 valence electrons. The molecule has 0 aliphatic carbocycles. The lowest BCUT2D eigenvalue weighted by Gasteiger charge is -2.06. The number of hydrogen-bond acceptors (Lipinski definition) is 5. The average Bonchev–Trinajstić information content (AvgIpc) is 2.35. The molecule has 8 heteroatoms. The molecule has 0 aliphatic heterocycles. The SMILES string of the molecule is Nc1cc(F)c(F)cc1C(=O)Nc1nccnn1. The average molecular weight is 251 g/mol. The molecule has 6 nitrogen and oxygen atoms in total. The number of halogens is 2. The van der Waals surface area contributed by atoms with E-state index in [1.54, 1.807) is 0 Å². The number of benzene rings is 1. The molecule has 0 fully saturated rings. The highest BCUT2D eigenvalue weighted by Gasteiger charge is 2.15. The van der Waals surface area contributed by atoms with Crippen LogP contribution in [0.15, 0.2) is 24.5 Å². The molecule has 0 saturated carbocycles. The van der Waals surface area contributed by atoms with Crippen molar-refractivity contribution in [2.45, 2.75) is 0 Å². The van der Waals surface area contributed by atoms with Gasteiger partial charge in [-0.15, -0.1) is 5.10 Å². The van der Waals surface area contributed by atoms with Gasteiger partial charge in [-0.3, -0.25) is 10.1 Å². The van der Waals surface area contributed by atoms with E-state index >= 15 is 0 Å². The first kappa shape index (κ1) is 11.8.